The number of aliphatic hydroxyl groups excluding tert-OH is 1. The van der Waals surface area contributed by atoms with Crippen LogP contribution in [0.2, 0.25) is 0 Å². The minimum absolute atomic E-state index is 0.0560. The summed E-state index contributed by atoms with van der Waals surface area (Å²) in [6.45, 7) is 2.06. The molecule has 3 atom stereocenters. The van der Waals surface area contributed by atoms with Crippen molar-refractivity contribution in [2.45, 2.75) is 31.7 Å². The van der Waals surface area contributed by atoms with Gasteiger partial charge in [0.05, 0.1) is 6.54 Å². The van der Waals surface area contributed by atoms with Crippen LogP contribution < -0.4 is 0 Å². The van der Waals surface area contributed by atoms with Gasteiger partial charge in [-0.15, -0.1) is 0 Å². The van der Waals surface area contributed by atoms with E-state index in [4.69, 9.17) is 5.11 Å². The number of nitrogens with zero attached hydrogens (tertiary/aromatic N) is 2. The molecule has 14 heavy (non-hydrogen) atoms. The second-order valence-electron chi connectivity index (χ2n) is 4.46. The van der Waals surface area contributed by atoms with Gasteiger partial charge in [-0.05, 0) is 38.0 Å². The van der Waals surface area contributed by atoms with Gasteiger partial charge >= 0.3 is 0 Å². The Hall–Kier alpha value is -0.840. The first-order chi connectivity index (χ1) is 6.63. The Morgan fingerprint density at radius 3 is 2.50 bits per heavy atom. The summed E-state index contributed by atoms with van der Waals surface area (Å²) in [5.74, 6) is 0.180. The molecule has 0 aromatic rings. The van der Waals surface area contributed by atoms with E-state index in [0.29, 0.717) is 12.8 Å². The van der Waals surface area contributed by atoms with Crippen LogP contribution in [0, 0.1) is 21.6 Å². The van der Waals surface area contributed by atoms with Gasteiger partial charge in [0.15, 0.2) is 0 Å². The lowest BCUT2D eigenvalue weighted by Crippen LogP contribution is -2.37. The van der Waals surface area contributed by atoms with Crippen LogP contribution in [0.25, 0.3) is 0 Å². The summed E-state index contributed by atoms with van der Waals surface area (Å²) in [6.07, 6.45) is 1.99. The van der Waals surface area contributed by atoms with Crippen molar-refractivity contribution in [2.24, 2.45) is 22.2 Å². The maximum Gasteiger partial charge on any atom is 0.101 e. The van der Waals surface area contributed by atoms with E-state index in [-0.39, 0.29) is 25.0 Å². The van der Waals surface area contributed by atoms with Gasteiger partial charge in [0.2, 0.25) is 0 Å². The highest BCUT2D eigenvalue weighted by Crippen LogP contribution is 2.38. The van der Waals surface area contributed by atoms with Gasteiger partial charge in [0.1, 0.15) is 5.54 Å². The lowest BCUT2D eigenvalue weighted by Gasteiger charge is -2.36. The first-order valence-corrected chi connectivity index (χ1v) is 4.88. The molecule has 1 rings (SSSR count). The fourth-order valence-corrected chi connectivity index (χ4v) is 2.42. The maximum absolute atomic E-state index is 10.7. The molecule has 0 aliphatic heterocycles. The van der Waals surface area contributed by atoms with E-state index in [9.17, 15) is 9.81 Å². The highest BCUT2D eigenvalue weighted by molar-refractivity contribution is 4.93. The molecule has 0 bridgehead atoms. The van der Waals surface area contributed by atoms with E-state index in [0.717, 1.165) is 6.42 Å². The molecular weight excluding hydrogens is 184 g/mol. The molecule has 1 aliphatic rings. The van der Waals surface area contributed by atoms with Crippen molar-refractivity contribution < 1.29 is 5.11 Å². The van der Waals surface area contributed by atoms with Crippen LogP contribution in [-0.2, 0) is 0 Å². The molecule has 1 unspecified atom stereocenters. The van der Waals surface area contributed by atoms with Crippen molar-refractivity contribution in [3.05, 3.63) is 9.81 Å². The first-order valence-electron chi connectivity index (χ1n) is 4.88. The van der Waals surface area contributed by atoms with Crippen LogP contribution in [0.4, 0.5) is 0 Å². The minimum Gasteiger partial charge on any atom is -0.396 e. The second kappa shape index (κ2) is 4.59. The van der Waals surface area contributed by atoms with E-state index in [1.54, 1.807) is 6.92 Å². The smallest absolute Gasteiger partial charge is 0.101 e. The molecule has 0 amide bonds. The van der Waals surface area contributed by atoms with Crippen LogP contribution in [0.15, 0.2) is 10.4 Å². The summed E-state index contributed by atoms with van der Waals surface area (Å²) in [6, 6.07) is 0. The maximum atomic E-state index is 10.7. The standard InChI is InChI=1S/C9H16N2O3/c1-9(11-14)3-7(5-10-13)2-8(4-9)6-12/h7-8,12H,2-6H2,1H3/t7-,8+,9?/m1/s1. The average Bonchev–Trinajstić information content (AvgIpc) is 2.17. The fraction of sp³-hybridized carbons (Fsp3) is 1.00. The summed E-state index contributed by atoms with van der Waals surface area (Å²) >= 11 is 0. The lowest BCUT2D eigenvalue weighted by atomic mass is 9.72. The zero-order chi connectivity index (χ0) is 10.6. The van der Waals surface area contributed by atoms with Gasteiger partial charge < -0.3 is 5.11 Å². The van der Waals surface area contributed by atoms with Gasteiger partial charge in [-0.1, -0.05) is 10.4 Å². The van der Waals surface area contributed by atoms with Crippen LogP contribution in [0.1, 0.15) is 26.2 Å². The normalized spacial score (nSPS) is 37.9. The highest BCUT2D eigenvalue weighted by Gasteiger charge is 2.38. The molecule has 0 spiro atoms. The Balaban J connectivity index is 2.65. The van der Waals surface area contributed by atoms with E-state index in [2.05, 4.69) is 10.4 Å². The third kappa shape index (κ3) is 2.57. The largest absolute Gasteiger partial charge is 0.396 e. The van der Waals surface area contributed by atoms with Crippen LogP contribution in [0.3, 0.4) is 0 Å². The molecule has 0 aromatic carbocycles. The number of hydrogen-bond donors (Lipinski definition) is 1. The van der Waals surface area contributed by atoms with Crippen molar-refractivity contribution in [1.29, 1.82) is 0 Å². The Bertz CT molecular complexity index is 222. The number of rotatable bonds is 4. The Morgan fingerprint density at radius 1 is 1.36 bits per heavy atom. The predicted molar refractivity (Wildman–Crippen MR) is 52.8 cm³/mol. The van der Waals surface area contributed by atoms with E-state index < -0.39 is 5.54 Å². The topological polar surface area (TPSA) is 79.1 Å². The van der Waals surface area contributed by atoms with Crippen LogP contribution in [-0.4, -0.2) is 23.8 Å². The van der Waals surface area contributed by atoms with E-state index in [1.807, 2.05) is 0 Å². The molecule has 0 aromatic heterocycles. The Morgan fingerprint density at radius 2 is 2.00 bits per heavy atom. The number of nitroso groups, excluding NO2 is 2. The first kappa shape index (κ1) is 11.2. The van der Waals surface area contributed by atoms with Gasteiger partial charge in [0, 0.05) is 6.61 Å². The van der Waals surface area contributed by atoms with Crippen molar-refractivity contribution in [2.75, 3.05) is 13.2 Å². The third-order valence-corrected chi connectivity index (χ3v) is 2.93. The summed E-state index contributed by atoms with van der Waals surface area (Å²) in [4.78, 5) is 20.8. The molecule has 0 saturated heterocycles. The van der Waals surface area contributed by atoms with E-state index in [1.165, 1.54) is 0 Å². The number of aliphatic hydroxyl groups is 1. The van der Waals surface area contributed by atoms with E-state index >= 15 is 0 Å². The fourth-order valence-electron chi connectivity index (χ4n) is 2.42. The molecule has 1 fully saturated rings. The zero-order valence-corrected chi connectivity index (χ0v) is 8.35. The molecule has 0 heterocycles. The van der Waals surface area contributed by atoms with Gasteiger partial charge in [-0.2, -0.15) is 9.81 Å². The minimum atomic E-state index is -0.624. The molecule has 1 aliphatic carbocycles. The monoisotopic (exact) mass is 200 g/mol. The van der Waals surface area contributed by atoms with Crippen molar-refractivity contribution in [3.63, 3.8) is 0 Å². The summed E-state index contributed by atoms with van der Waals surface area (Å²) in [5, 5.41) is 15.0. The lowest BCUT2D eigenvalue weighted by molar-refractivity contribution is 0.118. The van der Waals surface area contributed by atoms with Gasteiger partial charge in [-0.25, -0.2) is 0 Å². The van der Waals surface area contributed by atoms with Crippen LogP contribution in [0.5, 0.6) is 0 Å². The third-order valence-electron chi connectivity index (χ3n) is 2.93. The van der Waals surface area contributed by atoms with Crippen molar-refractivity contribution in [1.82, 2.24) is 0 Å². The SMILES string of the molecule is CC1(N=O)C[C@H](CN=O)C[C@H](CO)C1. The average molecular weight is 200 g/mol. The molecule has 5 nitrogen and oxygen atoms in total. The summed E-state index contributed by atoms with van der Waals surface area (Å²) < 4.78 is 0. The molecule has 0 radical (unpaired) electrons. The molecule has 1 N–H and O–H groups in total. The van der Waals surface area contributed by atoms with Crippen molar-refractivity contribution >= 4 is 0 Å². The van der Waals surface area contributed by atoms with Crippen LogP contribution >= 0.6 is 0 Å². The highest BCUT2D eigenvalue weighted by atomic mass is 16.3. The molecule has 1 saturated carbocycles. The molecular formula is C9H16N2O3. The Kier molecular flexibility index (Phi) is 3.69. The quantitative estimate of drug-likeness (QED) is 0.701. The second-order valence-corrected chi connectivity index (χ2v) is 4.46. The molecule has 5 heteroatoms. The molecule has 80 valence electrons. The predicted octanol–water partition coefficient (Wildman–Crippen LogP) is 1.69. The van der Waals surface area contributed by atoms with Gasteiger partial charge in [0.25, 0.3) is 0 Å². The number of hydrogen-bond acceptors (Lipinski definition) is 5. The summed E-state index contributed by atoms with van der Waals surface area (Å²) in [5.41, 5.74) is -0.624. The van der Waals surface area contributed by atoms with Gasteiger partial charge in [-0.3, -0.25) is 0 Å². The van der Waals surface area contributed by atoms with Crippen molar-refractivity contribution in [3.8, 4) is 0 Å². The summed E-state index contributed by atoms with van der Waals surface area (Å²) in [7, 11) is 0. The zero-order valence-electron chi connectivity index (χ0n) is 8.35. The Labute approximate surface area is 82.8 Å².